The first-order valence-corrected chi connectivity index (χ1v) is 7.07. The Morgan fingerprint density at radius 2 is 1.90 bits per heavy atom. The van der Waals surface area contributed by atoms with Crippen LogP contribution in [0.4, 0.5) is 0 Å². The molecule has 0 saturated heterocycles. The molecule has 0 spiro atoms. The number of imidazole rings is 1. The first-order chi connectivity index (χ1) is 10.3. The number of aromatic amines is 1. The monoisotopic (exact) mass is 292 g/mol. The van der Waals surface area contributed by atoms with Crippen molar-refractivity contribution in [1.29, 1.82) is 0 Å². The number of nitrogens with one attached hydrogen (secondary N) is 1. The molecule has 21 heavy (non-hydrogen) atoms. The first-order valence-electron chi connectivity index (χ1n) is 6.66. The Morgan fingerprint density at radius 1 is 1.05 bits per heavy atom. The molecule has 3 aromatic heterocycles. The molecule has 0 aliphatic carbocycles. The third kappa shape index (κ3) is 1.78. The molecule has 0 saturated carbocycles. The molecule has 3 heterocycles. The van der Waals surface area contributed by atoms with Crippen LogP contribution in [0.15, 0.2) is 48.8 Å². The van der Waals surface area contributed by atoms with E-state index in [-0.39, 0.29) is 0 Å². The minimum absolute atomic E-state index is 0.630. The quantitative estimate of drug-likeness (QED) is 0.540. The van der Waals surface area contributed by atoms with Gasteiger partial charge >= 0.3 is 0 Å². The van der Waals surface area contributed by atoms with Gasteiger partial charge in [-0.2, -0.15) is 0 Å². The highest BCUT2D eigenvalue weighted by molar-refractivity contribution is 7.71. The molecule has 4 rings (SSSR count). The maximum absolute atomic E-state index is 5.50. The van der Waals surface area contributed by atoms with Gasteiger partial charge in [-0.05, 0) is 42.9 Å². The summed E-state index contributed by atoms with van der Waals surface area (Å²) in [7, 11) is 0. The number of aryl methyl sites for hydroxylation is 1. The smallest absolute Gasteiger partial charge is 0.184 e. The molecule has 4 nitrogen and oxygen atoms in total. The lowest BCUT2D eigenvalue weighted by atomic mass is 10.2. The van der Waals surface area contributed by atoms with Crippen LogP contribution in [0.2, 0.25) is 0 Å². The molecule has 0 fully saturated rings. The Kier molecular flexibility index (Phi) is 2.62. The second kappa shape index (κ2) is 4.49. The zero-order chi connectivity index (χ0) is 14.4. The molecule has 0 unspecified atom stereocenters. The van der Waals surface area contributed by atoms with Crippen LogP contribution in [-0.4, -0.2) is 19.5 Å². The van der Waals surface area contributed by atoms with E-state index in [0.29, 0.717) is 4.77 Å². The molecule has 0 atom stereocenters. The standard InChI is InChI=1S/C16H12N4S/c1-10-7-9-18-15-13(10)19-16(21)20(15)12-6-2-4-11-5-3-8-17-14(11)12/h2-9H,1H3,(H,19,21). The van der Waals surface area contributed by atoms with Gasteiger partial charge in [0, 0.05) is 17.8 Å². The zero-order valence-electron chi connectivity index (χ0n) is 11.4. The van der Waals surface area contributed by atoms with Crippen LogP contribution in [-0.2, 0) is 0 Å². The summed E-state index contributed by atoms with van der Waals surface area (Å²) in [6, 6.07) is 12.0. The molecule has 0 amide bonds. The van der Waals surface area contributed by atoms with Crippen LogP contribution < -0.4 is 0 Å². The fourth-order valence-corrected chi connectivity index (χ4v) is 2.91. The van der Waals surface area contributed by atoms with E-state index >= 15 is 0 Å². The molecule has 102 valence electrons. The number of hydrogen-bond donors (Lipinski definition) is 1. The van der Waals surface area contributed by atoms with Gasteiger partial charge in [-0.1, -0.05) is 18.2 Å². The summed E-state index contributed by atoms with van der Waals surface area (Å²) in [4.78, 5) is 12.2. The lowest BCUT2D eigenvalue weighted by Gasteiger charge is -2.07. The minimum atomic E-state index is 0.630. The molecule has 0 aliphatic heterocycles. The molecule has 1 N–H and O–H groups in total. The van der Waals surface area contributed by atoms with E-state index in [9.17, 15) is 0 Å². The summed E-state index contributed by atoms with van der Waals surface area (Å²) < 4.78 is 2.58. The van der Waals surface area contributed by atoms with Crippen molar-refractivity contribution in [2.45, 2.75) is 6.92 Å². The van der Waals surface area contributed by atoms with Gasteiger partial charge in [-0.25, -0.2) is 4.98 Å². The van der Waals surface area contributed by atoms with Crippen LogP contribution in [0, 0.1) is 11.7 Å². The van der Waals surface area contributed by atoms with E-state index in [1.165, 1.54) is 0 Å². The SMILES string of the molecule is Cc1ccnc2c1[nH]c(=S)n2-c1cccc2cccnc12. The predicted molar refractivity (Wildman–Crippen MR) is 86.3 cm³/mol. The van der Waals surface area contributed by atoms with Crippen molar-refractivity contribution in [3.05, 3.63) is 59.1 Å². The van der Waals surface area contributed by atoms with Crippen molar-refractivity contribution >= 4 is 34.3 Å². The van der Waals surface area contributed by atoms with E-state index in [0.717, 1.165) is 33.3 Å². The molecule has 0 radical (unpaired) electrons. The number of para-hydroxylation sites is 1. The molecule has 1 aromatic carbocycles. The van der Waals surface area contributed by atoms with Gasteiger partial charge in [0.05, 0.1) is 16.7 Å². The molecule has 0 bridgehead atoms. The van der Waals surface area contributed by atoms with Gasteiger partial charge in [-0.3, -0.25) is 9.55 Å². The minimum Gasteiger partial charge on any atom is -0.329 e. The van der Waals surface area contributed by atoms with Crippen LogP contribution >= 0.6 is 12.2 Å². The Morgan fingerprint density at radius 3 is 2.81 bits per heavy atom. The van der Waals surface area contributed by atoms with Gasteiger partial charge in [0.25, 0.3) is 0 Å². The van der Waals surface area contributed by atoms with Crippen molar-refractivity contribution in [2.75, 3.05) is 0 Å². The molecular weight excluding hydrogens is 280 g/mol. The van der Waals surface area contributed by atoms with Crippen LogP contribution in [0.3, 0.4) is 0 Å². The van der Waals surface area contributed by atoms with E-state index in [1.54, 1.807) is 12.4 Å². The van der Waals surface area contributed by atoms with Gasteiger partial charge in [0.2, 0.25) is 0 Å². The summed E-state index contributed by atoms with van der Waals surface area (Å²) >= 11 is 5.50. The summed E-state index contributed by atoms with van der Waals surface area (Å²) in [6.45, 7) is 2.04. The summed E-state index contributed by atoms with van der Waals surface area (Å²) in [5.74, 6) is 0. The van der Waals surface area contributed by atoms with E-state index in [4.69, 9.17) is 12.2 Å². The Labute approximate surface area is 126 Å². The van der Waals surface area contributed by atoms with Crippen molar-refractivity contribution in [3.63, 3.8) is 0 Å². The van der Waals surface area contributed by atoms with E-state index in [2.05, 4.69) is 15.0 Å². The number of benzene rings is 1. The number of H-pyrrole nitrogens is 1. The number of rotatable bonds is 1. The van der Waals surface area contributed by atoms with Crippen molar-refractivity contribution < 1.29 is 0 Å². The molecule has 0 aliphatic rings. The van der Waals surface area contributed by atoms with Gasteiger partial charge < -0.3 is 4.98 Å². The highest BCUT2D eigenvalue weighted by Gasteiger charge is 2.12. The van der Waals surface area contributed by atoms with E-state index in [1.807, 2.05) is 47.9 Å². The highest BCUT2D eigenvalue weighted by atomic mass is 32.1. The van der Waals surface area contributed by atoms with Crippen LogP contribution in [0.1, 0.15) is 5.56 Å². The fourth-order valence-electron chi connectivity index (χ4n) is 2.62. The van der Waals surface area contributed by atoms with Crippen molar-refractivity contribution in [3.8, 4) is 5.69 Å². The fraction of sp³-hybridized carbons (Fsp3) is 0.0625. The lowest BCUT2D eigenvalue weighted by Crippen LogP contribution is -1.98. The lowest BCUT2D eigenvalue weighted by molar-refractivity contribution is 1.05. The number of hydrogen-bond acceptors (Lipinski definition) is 3. The third-order valence-electron chi connectivity index (χ3n) is 3.64. The largest absolute Gasteiger partial charge is 0.329 e. The number of nitrogens with zero attached hydrogens (tertiary/aromatic N) is 3. The number of pyridine rings is 2. The maximum atomic E-state index is 5.50. The Bertz CT molecular complexity index is 1020. The first kappa shape index (κ1) is 12.2. The predicted octanol–water partition coefficient (Wildman–Crippen LogP) is 3.94. The Hall–Kier alpha value is -2.53. The topological polar surface area (TPSA) is 46.5 Å². The average molecular weight is 292 g/mol. The van der Waals surface area contributed by atoms with Crippen LogP contribution in [0.25, 0.3) is 27.8 Å². The van der Waals surface area contributed by atoms with Gasteiger partial charge in [-0.15, -0.1) is 0 Å². The average Bonchev–Trinajstić information content (AvgIpc) is 2.84. The van der Waals surface area contributed by atoms with Crippen molar-refractivity contribution in [1.82, 2.24) is 19.5 Å². The normalized spacial score (nSPS) is 11.3. The Balaban J connectivity index is 2.17. The highest BCUT2D eigenvalue weighted by Crippen LogP contribution is 2.25. The molecule has 4 aromatic rings. The third-order valence-corrected chi connectivity index (χ3v) is 3.92. The van der Waals surface area contributed by atoms with Gasteiger partial charge in [0.1, 0.15) is 0 Å². The van der Waals surface area contributed by atoms with E-state index < -0.39 is 0 Å². The number of fused-ring (bicyclic) bond motifs is 2. The second-order valence-corrected chi connectivity index (χ2v) is 5.33. The summed E-state index contributed by atoms with van der Waals surface area (Å²) in [5.41, 5.74) is 4.79. The molecule has 5 heteroatoms. The zero-order valence-corrected chi connectivity index (χ0v) is 12.2. The van der Waals surface area contributed by atoms with Crippen LogP contribution in [0.5, 0.6) is 0 Å². The summed E-state index contributed by atoms with van der Waals surface area (Å²) in [6.07, 6.45) is 3.60. The number of aromatic nitrogens is 4. The second-order valence-electron chi connectivity index (χ2n) is 4.94. The maximum Gasteiger partial charge on any atom is 0.184 e. The summed E-state index contributed by atoms with van der Waals surface area (Å²) in [5, 5.41) is 1.08. The van der Waals surface area contributed by atoms with Gasteiger partial charge in [0.15, 0.2) is 10.4 Å². The van der Waals surface area contributed by atoms with Crippen molar-refractivity contribution in [2.24, 2.45) is 0 Å². The molecular formula is C16H12N4S.